The van der Waals surface area contributed by atoms with Gasteiger partial charge in [0.25, 0.3) is 5.69 Å². The van der Waals surface area contributed by atoms with E-state index in [1.807, 2.05) is 12.1 Å². The van der Waals surface area contributed by atoms with Crippen molar-refractivity contribution in [1.82, 2.24) is 0 Å². The maximum absolute atomic E-state index is 10.7. The van der Waals surface area contributed by atoms with Gasteiger partial charge in [-0.05, 0) is 12.5 Å². The molecule has 0 fully saturated rings. The highest BCUT2D eigenvalue weighted by Crippen LogP contribution is 2.37. The van der Waals surface area contributed by atoms with Crippen molar-refractivity contribution in [2.75, 3.05) is 0 Å². The van der Waals surface area contributed by atoms with Gasteiger partial charge in [0, 0.05) is 12.0 Å². The Labute approximate surface area is 87.0 Å². The molecular weight excluding hydrogens is 194 g/mol. The maximum atomic E-state index is 10.7. The van der Waals surface area contributed by atoms with Gasteiger partial charge in [0.05, 0.1) is 16.6 Å². The maximum Gasteiger partial charge on any atom is 0.276 e. The molecule has 0 radical (unpaired) electrons. The molecule has 2 rings (SSSR count). The van der Waals surface area contributed by atoms with Gasteiger partial charge < -0.3 is 5.11 Å². The Morgan fingerprint density at radius 3 is 2.87 bits per heavy atom. The number of aliphatic hydroxyl groups is 1. The summed E-state index contributed by atoms with van der Waals surface area (Å²) in [5, 5.41) is 20.3. The van der Waals surface area contributed by atoms with Crippen LogP contribution in [0.25, 0.3) is 6.08 Å². The molecule has 1 aliphatic carbocycles. The van der Waals surface area contributed by atoms with Crippen LogP contribution in [-0.2, 0) is 0 Å². The Bertz CT molecular complexity index is 437. The van der Waals surface area contributed by atoms with Crippen LogP contribution in [0.3, 0.4) is 0 Å². The monoisotopic (exact) mass is 205 g/mol. The third-order valence-corrected chi connectivity index (χ3v) is 2.66. The van der Waals surface area contributed by atoms with E-state index in [1.165, 1.54) is 6.07 Å². The van der Waals surface area contributed by atoms with E-state index in [9.17, 15) is 15.2 Å². The Balaban J connectivity index is 2.53. The number of fused-ring (bicyclic) bond motifs is 1. The van der Waals surface area contributed by atoms with Crippen LogP contribution in [0.2, 0.25) is 0 Å². The Morgan fingerprint density at radius 1 is 1.53 bits per heavy atom. The lowest BCUT2D eigenvalue weighted by atomic mass is 9.96. The molecule has 0 heterocycles. The van der Waals surface area contributed by atoms with Gasteiger partial charge in [-0.3, -0.25) is 10.1 Å². The lowest BCUT2D eigenvalue weighted by Gasteiger charge is -2.13. The SMILES string of the molecule is CC(O)C1C=Cc2c1cccc2[N+](=O)[O-]. The van der Waals surface area contributed by atoms with Crippen LogP contribution < -0.4 is 0 Å². The first-order valence-corrected chi connectivity index (χ1v) is 4.75. The molecule has 0 saturated carbocycles. The molecule has 0 bridgehead atoms. The largest absolute Gasteiger partial charge is 0.392 e. The van der Waals surface area contributed by atoms with Crippen LogP contribution in [0.1, 0.15) is 24.0 Å². The Hall–Kier alpha value is -1.68. The highest BCUT2D eigenvalue weighted by molar-refractivity contribution is 5.70. The molecule has 0 amide bonds. The van der Waals surface area contributed by atoms with Crippen molar-refractivity contribution in [3.63, 3.8) is 0 Å². The zero-order chi connectivity index (χ0) is 11.0. The normalized spacial score (nSPS) is 20.0. The van der Waals surface area contributed by atoms with Crippen molar-refractivity contribution in [3.8, 4) is 0 Å². The number of hydrogen-bond donors (Lipinski definition) is 1. The van der Waals surface area contributed by atoms with Gasteiger partial charge in [0.2, 0.25) is 0 Å². The number of rotatable bonds is 2. The van der Waals surface area contributed by atoms with Crippen molar-refractivity contribution in [2.45, 2.75) is 18.9 Å². The molecule has 4 heteroatoms. The average Bonchev–Trinajstić information content (AvgIpc) is 2.59. The molecule has 2 unspecified atom stereocenters. The average molecular weight is 205 g/mol. The van der Waals surface area contributed by atoms with Crippen LogP contribution in [0, 0.1) is 10.1 Å². The zero-order valence-corrected chi connectivity index (χ0v) is 8.25. The highest BCUT2D eigenvalue weighted by Gasteiger charge is 2.26. The van der Waals surface area contributed by atoms with Crippen LogP contribution in [0.5, 0.6) is 0 Å². The zero-order valence-electron chi connectivity index (χ0n) is 8.25. The summed E-state index contributed by atoms with van der Waals surface area (Å²) in [6.07, 6.45) is 3.00. The molecule has 78 valence electrons. The first-order valence-electron chi connectivity index (χ1n) is 4.75. The Morgan fingerprint density at radius 2 is 2.27 bits per heavy atom. The predicted molar refractivity (Wildman–Crippen MR) is 56.6 cm³/mol. The summed E-state index contributed by atoms with van der Waals surface area (Å²) in [6, 6.07) is 4.95. The second-order valence-corrected chi connectivity index (χ2v) is 3.66. The van der Waals surface area contributed by atoms with E-state index in [0.29, 0.717) is 5.56 Å². The summed E-state index contributed by atoms with van der Waals surface area (Å²) in [7, 11) is 0. The summed E-state index contributed by atoms with van der Waals surface area (Å²) in [5.74, 6) is -0.125. The van der Waals surface area contributed by atoms with Gasteiger partial charge in [0.1, 0.15) is 0 Å². The predicted octanol–water partition coefficient (Wildman–Crippen LogP) is 2.09. The lowest BCUT2D eigenvalue weighted by Crippen LogP contribution is -2.10. The minimum absolute atomic E-state index is 0.104. The highest BCUT2D eigenvalue weighted by atomic mass is 16.6. The third-order valence-electron chi connectivity index (χ3n) is 2.66. The fourth-order valence-electron chi connectivity index (χ4n) is 1.93. The number of hydrogen-bond acceptors (Lipinski definition) is 3. The molecule has 0 aliphatic heterocycles. The molecule has 1 aromatic rings. The van der Waals surface area contributed by atoms with Crippen molar-refractivity contribution in [3.05, 3.63) is 45.5 Å². The fraction of sp³-hybridized carbons (Fsp3) is 0.273. The fourth-order valence-corrected chi connectivity index (χ4v) is 1.93. The molecule has 15 heavy (non-hydrogen) atoms. The van der Waals surface area contributed by atoms with Gasteiger partial charge in [0.15, 0.2) is 0 Å². The molecular formula is C11H11NO3. The summed E-state index contributed by atoms with van der Waals surface area (Å²) >= 11 is 0. The summed E-state index contributed by atoms with van der Waals surface area (Å²) in [4.78, 5) is 10.4. The molecule has 0 spiro atoms. The van der Waals surface area contributed by atoms with E-state index in [4.69, 9.17) is 0 Å². The first-order chi connectivity index (χ1) is 7.11. The minimum atomic E-state index is -0.524. The molecule has 1 aromatic carbocycles. The van der Waals surface area contributed by atoms with E-state index in [2.05, 4.69) is 0 Å². The van der Waals surface area contributed by atoms with Gasteiger partial charge in [-0.1, -0.05) is 24.3 Å². The van der Waals surface area contributed by atoms with Gasteiger partial charge >= 0.3 is 0 Å². The van der Waals surface area contributed by atoms with E-state index in [0.717, 1.165) is 5.56 Å². The van der Waals surface area contributed by atoms with Crippen LogP contribution in [-0.4, -0.2) is 16.1 Å². The summed E-state index contributed by atoms with van der Waals surface area (Å²) in [6.45, 7) is 1.68. The number of aliphatic hydroxyl groups excluding tert-OH is 1. The standard InChI is InChI=1S/C11H11NO3/c1-7(13)8-5-6-10-9(8)3-2-4-11(10)12(14)15/h2-8,13H,1H3. The van der Waals surface area contributed by atoms with Crippen molar-refractivity contribution < 1.29 is 10.0 Å². The minimum Gasteiger partial charge on any atom is -0.392 e. The molecule has 2 atom stereocenters. The van der Waals surface area contributed by atoms with Crippen molar-refractivity contribution >= 4 is 11.8 Å². The Kier molecular flexibility index (Phi) is 2.28. The van der Waals surface area contributed by atoms with Gasteiger partial charge in [-0.2, -0.15) is 0 Å². The van der Waals surface area contributed by atoms with Gasteiger partial charge in [-0.25, -0.2) is 0 Å². The van der Waals surface area contributed by atoms with E-state index in [-0.39, 0.29) is 11.6 Å². The lowest BCUT2D eigenvalue weighted by molar-refractivity contribution is -0.385. The quantitative estimate of drug-likeness (QED) is 0.594. The summed E-state index contributed by atoms with van der Waals surface area (Å²) < 4.78 is 0. The van der Waals surface area contributed by atoms with Crippen molar-refractivity contribution in [2.24, 2.45) is 0 Å². The third kappa shape index (κ3) is 1.53. The first kappa shape index (κ1) is 9.86. The number of nitrogens with zero attached hydrogens (tertiary/aromatic N) is 1. The molecule has 1 N–H and O–H groups in total. The molecule has 0 aromatic heterocycles. The molecule has 4 nitrogen and oxygen atoms in total. The number of benzene rings is 1. The summed E-state index contributed by atoms with van der Waals surface area (Å²) in [5.41, 5.74) is 1.56. The van der Waals surface area contributed by atoms with E-state index >= 15 is 0 Å². The topological polar surface area (TPSA) is 63.4 Å². The van der Waals surface area contributed by atoms with Crippen LogP contribution >= 0.6 is 0 Å². The van der Waals surface area contributed by atoms with E-state index in [1.54, 1.807) is 19.1 Å². The smallest absolute Gasteiger partial charge is 0.276 e. The second-order valence-electron chi connectivity index (χ2n) is 3.66. The van der Waals surface area contributed by atoms with Gasteiger partial charge in [-0.15, -0.1) is 0 Å². The number of nitro groups is 1. The van der Waals surface area contributed by atoms with Crippen molar-refractivity contribution in [1.29, 1.82) is 0 Å². The molecule has 1 aliphatic rings. The second kappa shape index (κ2) is 3.47. The van der Waals surface area contributed by atoms with E-state index < -0.39 is 11.0 Å². The van der Waals surface area contributed by atoms with Crippen LogP contribution in [0.15, 0.2) is 24.3 Å². The molecule has 0 saturated heterocycles. The number of nitro benzene ring substituents is 1. The van der Waals surface area contributed by atoms with Crippen LogP contribution in [0.4, 0.5) is 5.69 Å².